The second-order valence-corrected chi connectivity index (χ2v) is 7.82. The van der Waals surface area contributed by atoms with Crippen LogP contribution in [0, 0.1) is 11.3 Å². The fourth-order valence-corrected chi connectivity index (χ4v) is 3.58. The van der Waals surface area contributed by atoms with Crippen LogP contribution in [0.25, 0.3) is 0 Å². The summed E-state index contributed by atoms with van der Waals surface area (Å²) in [5, 5.41) is 13.7. The van der Waals surface area contributed by atoms with Gasteiger partial charge in [0.15, 0.2) is 5.11 Å². The first kappa shape index (κ1) is 21.8. The molecule has 1 aromatic heterocycles. The highest BCUT2D eigenvalue weighted by atomic mass is 35.5. The van der Waals surface area contributed by atoms with E-state index >= 15 is 0 Å². The zero-order valence-electron chi connectivity index (χ0n) is 16.9. The van der Waals surface area contributed by atoms with Crippen molar-refractivity contribution >= 4 is 34.6 Å². The standard InChI is InChI=1S/C23H24ClN5S/c1-2-12-28(23(30)27-21-9-7-20(24)8-10-21)13-11-22-15-26-17-29(22)16-19-5-3-18(14-25)4-6-19/h3-10,15,17H,2,11-13,16H2,1H3,(H,27,30). The third-order valence-electron chi connectivity index (χ3n) is 4.75. The molecule has 154 valence electrons. The summed E-state index contributed by atoms with van der Waals surface area (Å²) in [7, 11) is 0. The van der Waals surface area contributed by atoms with Gasteiger partial charge in [0.25, 0.3) is 0 Å². The normalized spacial score (nSPS) is 10.4. The molecule has 7 heteroatoms. The van der Waals surface area contributed by atoms with E-state index in [4.69, 9.17) is 29.1 Å². The average molecular weight is 438 g/mol. The average Bonchev–Trinajstić information content (AvgIpc) is 3.20. The van der Waals surface area contributed by atoms with Gasteiger partial charge in [-0.05, 0) is 60.6 Å². The van der Waals surface area contributed by atoms with Crippen molar-refractivity contribution < 1.29 is 0 Å². The SMILES string of the molecule is CCCN(CCc1cncn1Cc1ccc(C#N)cc1)C(=S)Nc1ccc(Cl)cc1. The van der Waals surface area contributed by atoms with Crippen LogP contribution in [0.5, 0.6) is 0 Å². The van der Waals surface area contributed by atoms with Gasteiger partial charge in [0.1, 0.15) is 0 Å². The Kier molecular flexibility index (Phi) is 7.83. The third kappa shape index (κ3) is 6.06. The number of benzene rings is 2. The number of thiocarbonyl (C=S) groups is 1. The molecule has 1 heterocycles. The van der Waals surface area contributed by atoms with Crippen LogP contribution in [0.2, 0.25) is 5.02 Å². The molecule has 0 unspecified atom stereocenters. The predicted molar refractivity (Wildman–Crippen MR) is 126 cm³/mol. The van der Waals surface area contributed by atoms with E-state index in [1.807, 2.05) is 61.1 Å². The van der Waals surface area contributed by atoms with Crippen molar-refractivity contribution in [2.75, 3.05) is 18.4 Å². The molecule has 0 atom stereocenters. The van der Waals surface area contributed by atoms with Crippen LogP contribution in [-0.4, -0.2) is 32.7 Å². The van der Waals surface area contributed by atoms with Crippen molar-refractivity contribution in [2.45, 2.75) is 26.3 Å². The maximum Gasteiger partial charge on any atom is 0.173 e. The number of nitriles is 1. The van der Waals surface area contributed by atoms with Crippen molar-refractivity contribution in [1.82, 2.24) is 14.5 Å². The van der Waals surface area contributed by atoms with Crippen LogP contribution in [0.1, 0.15) is 30.2 Å². The van der Waals surface area contributed by atoms with Crippen LogP contribution >= 0.6 is 23.8 Å². The third-order valence-corrected chi connectivity index (χ3v) is 5.36. The highest BCUT2D eigenvalue weighted by Crippen LogP contribution is 2.15. The molecule has 30 heavy (non-hydrogen) atoms. The minimum Gasteiger partial charge on any atom is -0.349 e. The summed E-state index contributed by atoms with van der Waals surface area (Å²) in [6, 6.07) is 17.3. The van der Waals surface area contributed by atoms with E-state index in [1.54, 1.807) is 0 Å². The molecule has 0 saturated carbocycles. The lowest BCUT2D eigenvalue weighted by Crippen LogP contribution is -2.37. The molecule has 0 aliphatic rings. The van der Waals surface area contributed by atoms with Gasteiger partial charge in [-0.2, -0.15) is 5.26 Å². The number of aromatic nitrogens is 2. The van der Waals surface area contributed by atoms with Gasteiger partial charge in [-0.1, -0.05) is 30.7 Å². The molecule has 0 radical (unpaired) electrons. The Labute approximate surface area is 187 Å². The maximum absolute atomic E-state index is 8.95. The molecule has 0 fully saturated rings. The second-order valence-electron chi connectivity index (χ2n) is 7.00. The van der Waals surface area contributed by atoms with Gasteiger partial charge in [-0.25, -0.2) is 4.98 Å². The minimum absolute atomic E-state index is 0.668. The molecule has 0 aliphatic carbocycles. The highest BCUT2D eigenvalue weighted by Gasteiger charge is 2.11. The summed E-state index contributed by atoms with van der Waals surface area (Å²) in [5.41, 5.74) is 3.88. The second kappa shape index (κ2) is 10.8. The topological polar surface area (TPSA) is 56.9 Å². The summed E-state index contributed by atoms with van der Waals surface area (Å²) in [4.78, 5) is 6.51. The Balaban J connectivity index is 1.62. The first-order chi connectivity index (χ1) is 14.6. The van der Waals surface area contributed by atoms with E-state index in [0.29, 0.717) is 15.7 Å². The Bertz CT molecular complexity index is 1010. The summed E-state index contributed by atoms with van der Waals surface area (Å²) in [5.74, 6) is 0. The van der Waals surface area contributed by atoms with Crippen molar-refractivity contribution in [3.8, 4) is 6.07 Å². The fraction of sp³-hybridized carbons (Fsp3) is 0.261. The van der Waals surface area contributed by atoms with E-state index in [0.717, 1.165) is 49.4 Å². The smallest absolute Gasteiger partial charge is 0.173 e. The van der Waals surface area contributed by atoms with E-state index in [-0.39, 0.29) is 0 Å². The minimum atomic E-state index is 0.668. The quantitative estimate of drug-likeness (QED) is 0.496. The number of hydrogen-bond acceptors (Lipinski definition) is 3. The number of hydrogen-bond donors (Lipinski definition) is 1. The fourth-order valence-electron chi connectivity index (χ4n) is 3.15. The molecule has 0 amide bonds. The molecule has 5 nitrogen and oxygen atoms in total. The molecular weight excluding hydrogens is 414 g/mol. The zero-order valence-corrected chi connectivity index (χ0v) is 18.5. The molecule has 0 bridgehead atoms. The van der Waals surface area contributed by atoms with Crippen molar-refractivity contribution in [2.24, 2.45) is 0 Å². The highest BCUT2D eigenvalue weighted by molar-refractivity contribution is 7.80. The van der Waals surface area contributed by atoms with Gasteiger partial charge in [0, 0.05) is 48.7 Å². The maximum atomic E-state index is 8.95. The molecule has 3 rings (SSSR count). The lowest BCUT2D eigenvalue weighted by atomic mass is 10.1. The van der Waals surface area contributed by atoms with Crippen molar-refractivity contribution in [1.29, 1.82) is 5.26 Å². The lowest BCUT2D eigenvalue weighted by molar-refractivity contribution is 0.423. The summed E-state index contributed by atoms with van der Waals surface area (Å²) >= 11 is 11.6. The van der Waals surface area contributed by atoms with Crippen LogP contribution in [0.15, 0.2) is 61.1 Å². The molecule has 0 aliphatic heterocycles. The van der Waals surface area contributed by atoms with Crippen molar-refractivity contribution in [3.63, 3.8) is 0 Å². The van der Waals surface area contributed by atoms with Gasteiger partial charge in [-0.3, -0.25) is 0 Å². The van der Waals surface area contributed by atoms with Gasteiger partial charge in [0.05, 0.1) is 18.0 Å². The van der Waals surface area contributed by atoms with Gasteiger partial charge >= 0.3 is 0 Å². The molecule has 2 aromatic carbocycles. The van der Waals surface area contributed by atoms with Gasteiger partial charge in [0.2, 0.25) is 0 Å². The first-order valence-corrected chi connectivity index (χ1v) is 10.7. The van der Waals surface area contributed by atoms with Crippen LogP contribution in [0.4, 0.5) is 5.69 Å². The van der Waals surface area contributed by atoms with E-state index in [1.165, 1.54) is 0 Å². The van der Waals surface area contributed by atoms with Crippen LogP contribution < -0.4 is 5.32 Å². The predicted octanol–water partition coefficient (Wildman–Crippen LogP) is 5.11. The zero-order chi connectivity index (χ0) is 21.3. The van der Waals surface area contributed by atoms with Crippen LogP contribution in [0.3, 0.4) is 0 Å². The van der Waals surface area contributed by atoms with Gasteiger partial charge in [-0.15, -0.1) is 0 Å². The number of nitrogens with one attached hydrogen (secondary N) is 1. The van der Waals surface area contributed by atoms with E-state index in [9.17, 15) is 0 Å². The number of imidazole rings is 1. The largest absolute Gasteiger partial charge is 0.349 e. The van der Waals surface area contributed by atoms with E-state index < -0.39 is 0 Å². The number of halogens is 1. The van der Waals surface area contributed by atoms with Crippen molar-refractivity contribution in [3.05, 3.63) is 82.9 Å². The molecule has 0 saturated heterocycles. The Morgan fingerprint density at radius 1 is 1.17 bits per heavy atom. The molecule has 3 aromatic rings. The lowest BCUT2D eigenvalue weighted by Gasteiger charge is -2.25. The molecule has 1 N–H and O–H groups in total. The molecular formula is C23H24ClN5S. The van der Waals surface area contributed by atoms with Gasteiger partial charge < -0.3 is 14.8 Å². The Morgan fingerprint density at radius 3 is 2.57 bits per heavy atom. The number of anilines is 1. The Morgan fingerprint density at radius 2 is 1.90 bits per heavy atom. The summed E-state index contributed by atoms with van der Waals surface area (Å²) in [6.45, 7) is 4.55. The van der Waals surface area contributed by atoms with E-state index in [2.05, 4.69) is 32.8 Å². The summed E-state index contributed by atoms with van der Waals surface area (Å²) < 4.78 is 2.14. The number of rotatable bonds is 8. The Hall–Kier alpha value is -2.88. The summed E-state index contributed by atoms with van der Waals surface area (Å²) in [6.07, 6.45) is 5.59. The monoisotopic (exact) mass is 437 g/mol. The first-order valence-electron chi connectivity index (χ1n) is 9.88. The molecule has 0 spiro atoms. The number of nitrogens with zero attached hydrogens (tertiary/aromatic N) is 4. The van der Waals surface area contributed by atoms with Crippen LogP contribution in [-0.2, 0) is 13.0 Å².